The fourth-order valence-corrected chi connectivity index (χ4v) is 2.35. The molecule has 1 aliphatic heterocycles. The molecule has 0 radical (unpaired) electrons. The molecule has 0 aromatic heterocycles. The zero-order valence-electron chi connectivity index (χ0n) is 11.9. The number of benzene rings is 1. The quantitative estimate of drug-likeness (QED) is 0.506. The minimum absolute atomic E-state index is 0.307. The van der Waals surface area contributed by atoms with E-state index in [1.54, 1.807) is 7.05 Å². The van der Waals surface area contributed by atoms with Gasteiger partial charge in [0, 0.05) is 39.3 Å². The van der Waals surface area contributed by atoms with Crippen molar-refractivity contribution in [2.75, 3.05) is 44.7 Å². The summed E-state index contributed by atoms with van der Waals surface area (Å²) in [5.41, 5.74) is 0.307. The molecule has 1 aromatic carbocycles. The highest BCUT2D eigenvalue weighted by atomic mass is 19.1. The highest BCUT2D eigenvalue weighted by Gasteiger charge is 2.21. The Morgan fingerprint density at radius 1 is 1.33 bits per heavy atom. The number of nitrogens with zero attached hydrogens (tertiary/aromatic N) is 3. The Bertz CT molecular complexity index is 557. The Morgan fingerprint density at radius 3 is 2.67 bits per heavy atom. The zero-order chi connectivity index (χ0) is 15.2. The molecular formula is C15H18F2N4. The maximum Gasteiger partial charge on any atom is 0.194 e. The van der Waals surface area contributed by atoms with E-state index in [1.165, 1.54) is 6.07 Å². The fourth-order valence-electron chi connectivity index (χ4n) is 2.35. The van der Waals surface area contributed by atoms with Gasteiger partial charge in [0.15, 0.2) is 5.96 Å². The third-order valence-electron chi connectivity index (χ3n) is 3.39. The van der Waals surface area contributed by atoms with Gasteiger partial charge in [-0.15, -0.1) is 6.42 Å². The lowest BCUT2D eigenvalue weighted by atomic mass is 10.2. The molecule has 0 bridgehead atoms. The van der Waals surface area contributed by atoms with Crippen LogP contribution in [0.2, 0.25) is 0 Å². The molecule has 21 heavy (non-hydrogen) atoms. The monoisotopic (exact) mass is 292 g/mol. The molecule has 1 N–H and O–H groups in total. The largest absolute Gasteiger partial charge is 0.366 e. The molecule has 1 saturated heterocycles. The van der Waals surface area contributed by atoms with Crippen LogP contribution in [0.5, 0.6) is 0 Å². The first-order chi connectivity index (χ1) is 10.2. The first-order valence-corrected chi connectivity index (χ1v) is 6.74. The Labute approximate surface area is 123 Å². The topological polar surface area (TPSA) is 30.9 Å². The molecule has 1 fully saturated rings. The number of terminal acetylenes is 1. The number of anilines is 1. The maximum atomic E-state index is 13.8. The molecule has 4 nitrogen and oxygen atoms in total. The lowest BCUT2D eigenvalue weighted by Crippen LogP contribution is -2.52. The van der Waals surface area contributed by atoms with Gasteiger partial charge in [0.25, 0.3) is 0 Å². The minimum atomic E-state index is -0.430. The van der Waals surface area contributed by atoms with Gasteiger partial charge in [0.1, 0.15) is 11.6 Å². The number of hydrogen-bond acceptors (Lipinski definition) is 2. The molecule has 0 amide bonds. The second kappa shape index (κ2) is 6.93. The molecule has 0 spiro atoms. The van der Waals surface area contributed by atoms with E-state index in [2.05, 4.69) is 16.2 Å². The molecule has 0 saturated carbocycles. The minimum Gasteiger partial charge on any atom is -0.366 e. The first-order valence-electron chi connectivity index (χ1n) is 6.74. The predicted molar refractivity (Wildman–Crippen MR) is 80.3 cm³/mol. The van der Waals surface area contributed by atoms with E-state index in [1.807, 2.05) is 9.80 Å². The summed E-state index contributed by atoms with van der Waals surface area (Å²) in [6.07, 6.45) is 5.22. The summed E-state index contributed by atoms with van der Waals surface area (Å²) in [5, 5.41) is 3.05. The summed E-state index contributed by atoms with van der Waals surface area (Å²) in [7, 11) is 1.69. The number of hydrogen-bond donors (Lipinski definition) is 1. The van der Waals surface area contributed by atoms with Gasteiger partial charge in [-0.05, 0) is 12.1 Å². The van der Waals surface area contributed by atoms with Gasteiger partial charge in [-0.25, -0.2) is 8.78 Å². The van der Waals surface area contributed by atoms with Crippen molar-refractivity contribution in [2.24, 2.45) is 4.99 Å². The number of halogens is 2. The van der Waals surface area contributed by atoms with Gasteiger partial charge in [-0.3, -0.25) is 4.99 Å². The summed E-state index contributed by atoms with van der Waals surface area (Å²) in [6.45, 7) is 2.93. The smallest absolute Gasteiger partial charge is 0.194 e. The van der Waals surface area contributed by atoms with Crippen molar-refractivity contribution in [1.82, 2.24) is 10.2 Å². The fraction of sp³-hybridized carbons (Fsp3) is 0.400. The van der Waals surface area contributed by atoms with Crippen LogP contribution >= 0.6 is 0 Å². The molecule has 1 aromatic rings. The van der Waals surface area contributed by atoms with E-state index in [4.69, 9.17) is 6.42 Å². The van der Waals surface area contributed by atoms with Crippen LogP contribution in [0.4, 0.5) is 14.5 Å². The van der Waals surface area contributed by atoms with Crippen molar-refractivity contribution in [2.45, 2.75) is 0 Å². The van der Waals surface area contributed by atoms with Crippen molar-refractivity contribution in [3.63, 3.8) is 0 Å². The Hall–Kier alpha value is -2.29. The summed E-state index contributed by atoms with van der Waals surface area (Å²) in [4.78, 5) is 8.05. The van der Waals surface area contributed by atoms with E-state index in [-0.39, 0.29) is 0 Å². The molecule has 0 unspecified atom stereocenters. The highest BCUT2D eigenvalue weighted by molar-refractivity contribution is 5.80. The van der Waals surface area contributed by atoms with Gasteiger partial charge >= 0.3 is 0 Å². The van der Waals surface area contributed by atoms with Crippen LogP contribution in [0, 0.1) is 24.0 Å². The van der Waals surface area contributed by atoms with Crippen molar-refractivity contribution in [3.05, 3.63) is 29.8 Å². The van der Waals surface area contributed by atoms with Gasteiger partial charge < -0.3 is 15.1 Å². The standard InChI is InChI=1S/C15H18F2N4/c1-3-6-19-15(18-2)21-9-7-20(8-10-21)14-11-12(16)4-5-13(14)17/h1,4-5,11H,6-10H2,2H3,(H,18,19). The number of guanidine groups is 1. The number of aliphatic imine (C=N–C) groups is 1. The Kier molecular flexibility index (Phi) is 4.99. The zero-order valence-corrected chi connectivity index (χ0v) is 11.9. The number of piperazine rings is 1. The van der Waals surface area contributed by atoms with E-state index in [0.29, 0.717) is 38.4 Å². The molecule has 2 rings (SSSR count). The van der Waals surface area contributed by atoms with Gasteiger partial charge in [0.05, 0.1) is 12.2 Å². The van der Waals surface area contributed by atoms with Gasteiger partial charge in [-0.1, -0.05) is 5.92 Å². The van der Waals surface area contributed by atoms with Crippen molar-refractivity contribution >= 4 is 11.6 Å². The molecule has 1 heterocycles. The normalized spacial score (nSPS) is 15.8. The summed E-state index contributed by atoms with van der Waals surface area (Å²) >= 11 is 0. The Morgan fingerprint density at radius 2 is 2.05 bits per heavy atom. The molecular weight excluding hydrogens is 274 g/mol. The SMILES string of the molecule is C#CCNC(=NC)N1CCN(c2cc(F)ccc2F)CC1. The molecule has 6 heteroatoms. The van der Waals surface area contributed by atoms with Crippen LogP contribution in [0.25, 0.3) is 0 Å². The lowest BCUT2D eigenvalue weighted by molar-refractivity contribution is 0.372. The summed E-state index contributed by atoms with van der Waals surface area (Å²) in [6, 6.07) is 3.52. The van der Waals surface area contributed by atoms with Crippen LogP contribution in [0.1, 0.15) is 0 Å². The van der Waals surface area contributed by atoms with Crippen molar-refractivity contribution < 1.29 is 8.78 Å². The Balaban J connectivity index is 2.00. The average molecular weight is 292 g/mol. The molecule has 0 atom stereocenters. The lowest BCUT2D eigenvalue weighted by Gasteiger charge is -2.37. The van der Waals surface area contributed by atoms with Crippen LogP contribution in [-0.2, 0) is 0 Å². The number of nitrogens with one attached hydrogen (secondary N) is 1. The third-order valence-corrected chi connectivity index (χ3v) is 3.39. The summed E-state index contributed by atoms with van der Waals surface area (Å²) < 4.78 is 27.0. The maximum absolute atomic E-state index is 13.8. The second-order valence-corrected chi connectivity index (χ2v) is 4.67. The van der Waals surface area contributed by atoms with E-state index < -0.39 is 11.6 Å². The van der Waals surface area contributed by atoms with Crippen LogP contribution in [0.3, 0.4) is 0 Å². The highest BCUT2D eigenvalue weighted by Crippen LogP contribution is 2.21. The van der Waals surface area contributed by atoms with Gasteiger partial charge in [-0.2, -0.15) is 0 Å². The molecule has 112 valence electrons. The summed E-state index contributed by atoms with van der Waals surface area (Å²) in [5.74, 6) is 2.40. The van der Waals surface area contributed by atoms with E-state index >= 15 is 0 Å². The van der Waals surface area contributed by atoms with Crippen LogP contribution < -0.4 is 10.2 Å². The number of rotatable bonds is 2. The van der Waals surface area contributed by atoms with Gasteiger partial charge in [0.2, 0.25) is 0 Å². The molecule has 0 aliphatic carbocycles. The average Bonchev–Trinajstić information content (AvgIpc) is 2.51. The predicted octanol–water partition coefficient (Wildman–Crippen LogP) is 1.30. The van der Waals surface area contributed by atoms with Crippen molar-refractivity contribution in [3.8, 4) is 12.3 Å². The van der Waals surface area contributed by atoms with E-state index in [0.717, 1.165) is 18.1 Å². The van der Waals surface area contributed by atoms with Crippen LogP contribution in [0.15, 0.2) is 23.2 Å². The van der Waals surface area contributed by atoms with E-state index in [9.17, 15) is 8.78 Å². The first kappa shape index (κ1) is 15.1. The molecule has 1 aliphatic rings. The van der Waals surface area contributed by atoms with Crippen molar-refractivity contribution in [1.29, 1.82) is 0 Å². The third kappa shape index (κ3) is 3.63. The van der Waals surface area contributed by atoms with Crippen LogP contribution in [-0.4, -0.2) is 50.6 Å². The second-order valence-electron chi connectivity index (χ2n) is 4.67.